The summed E-state index contributed by atoms with van der Waals surface area (Å²) in [6.07, 6.45) is 2.45. The summed E-state index contributed by atoms with van der Waals surface area (Å²) >= 11 is 0. The predicted octanol–water partition coefficient (Wildman–Crippen LogP) is 2.65. The first-order valence-corrected chi connectivity index (χ1v) is 6.70. The summed E-state index contributed by atoms with van der Waals surface area (Å²) in [7, 11) is 0. The molecular weight excluding hydrogens is 266 g/mol. The van der Waals surface area contributed by atoms with Crippen LogP contribution in [0.5, 0.6) is 0 Å². The fourth-order valence-corrected chi connectivity index (χ4v) is 2.22. The zero-order valence-electron chi connectivity index (χ0n) is 11.9. The largest absolute Gasteiger partial charge is 0.380 e. The van der Waals surface area contributed by atoms with Crippen molar-refractivity contribution in [2.45, 2.75) is 20.3 Å². The number of hydrogen-bond donors (Lipinski definition) is 1. The van der Waals surface area contributed by atoms with Crippen molar-refractivity contribution in [1.82, 2.24) is 20.3 Å². The second kappa shape index (κ2) is 5.32. The predicted molar refractivity (Wildman–Crippen MR) is 79.3 cm³/mol. The maximum absolute atomic E-state index is 5.96. The maximum Gasteiger partial charge on any atom is 0.180 e. The number of rotatable bonds is 3. The fraction of sp³-hybridized carbons (Fsp3) is 0.200. The van der Waals surface area contributed by atoms with E-state index in [4.69, 9.17) is 10.3 Å². The van der Waals surface area contributed by atoms with Gasteiger partial charge in [0.2, 0.25) is 0 Å². The van der Waals surface area contributed by atoms with Crippen LogP contribution >= 0.6 is 0 Å². The van der Waals surface area contributed by atoms with Gasteiger partial charge in [0, 0.05) is 11.8 Å². The van der Waals surface area contributed by atoms with E-state index in [1.807, 2.05) is 38.1 Å². The number of nitrogens with two attached hydrogens (primary N) is 1. The number of anilines is 1. The highest BCUT2D eigenvalue weighted by Gasteiger charge is 2.21. The molecule has 0 aliphatic heterocycles. The number of nitrogens with zero attached hydrogens (tertiary/aromatic N) is 4. The lowest BCUT2D eigenvalue weighted by molar-refractivity contribution is 0.435. The van der Waals surface area contributed by atoms with Gasteiger partial charge in [0.15, 0.2) is 11.6 Å². The molecule has 3 heterocycles. The molecule has 2 N–H and O–H groups in total. The standard InChI is InChI=1S/C15H15N5O/c1-3-11-10(8-9(2)18-19-11)14-13(15(16)20-21-14)12-6-4-5-7-17-12/h4-8H,3H2,1-2H3,(H2,16,20). The SMILES string of the molecule is CCc1nnc(C)cc1-c1onc(N)c1-c1ccccn1. The van der Waals surface area contributed by atoms with Gasteiger partial charge in [0.05, 0.1) is 22.6 Å². The third kappa shape index (κ3) is 2.35. The minimum Gasteiger partial charge on any atom is -0.380 e. The molecule has 0 radical (unpaired) electrons. The molecule has 0 amide bonds. The molecule has 0 aromatic carbocycles. The summed E-state index contributed by atoms with van der Waals surface area (Å²) in [5, 5.41) is 12.2. The number of hydrogen-bond acceptors (Lipinski definition) is 6. The normalized spacial score (nSPS) is 10.8. The molecule has 106 valence electrons. The van der Waals surface area contributed by atoms with Crippen LogP contribution in [0.1, 0.15) is 18.3 Å². The average molecular weight is 281 g/mol. The van der Waals surface area contributed by atoms with E-state index in [0.29, 0.717) is 17.1 Å². The van der Waals surface area contributed by atoms with Crippen LogP contribution in [0.25, 0.3) is 22.6 Å². The molecule has 21 heavy (non-hydrogen) atoms. The summed E-state index contributed by atoms with van der Waals surface area (Å²) in [6.45, 7) is 3.90. The minimum absolute atomic E-state index is 0.320. The van der Waals surface area contributed by atoms with Gasteiger partial charge in [-0.25, -0.2) is 0 Å². The second-order valence-corrected chi connectivity index (χ2v) is 4.69. The van der Waals surface area contributed by atoms with Crippen molar-refractivity contribution in [3.63, 3.8) is 0 Å². The molecule has 3 rings (SSSR count). The minimum atomic E-state index is 0.320. The first kappa shape index (κ1) is 13.2. The quantitative estimate of drug-likeness (QED) is 0.793. The molecule has 0 atom stereocenters. The monoisotopic (exact) mass is 281 g/mol. The van der Waals surface area contributed by atoms with Crippen LogP contribution in [0.2, 0.25) is 0 Å². The molecule has 0 unspecified atom stereocenters. The molecule has 0 aliphatic rings. The second-order valence-electron chi connectivity index (χ2n) is 4.69. The maximum atomic E-state index is 5.96. The molecule has 0 bridgehead atoms. The molecule has 6 nitrogen and oxygen atoms in total. The smallest absolute Gasteiger partial charge is 0.180 e. The highest BCUT2D eigenvalue weighted by atomic mass is 16.5. The summed E-state index contributed by atoms with van der Waals surface area (Å²) < 4.78 is 5.45. The Morgan fingerprint density at radius 2 is 2.10 bits per heavy atom. The van der Waals surface area contributed by atoms with Crippen LogP contribution in [0.3, 0.4) is 0 Å². The molecular formula is C15H15N5O. The summed E-state index contributed by atoms with van der Waals surface area (Å²) in [6, 6.07) is 7.55. The van der Waals surface area contributed by atoms with Gasteiger partial charge in [-0.3, -0.25) is 4.98 Å². The Morgan fingerprint density at radius 1 is 1.24 bits per heavy atom. The van der Waals surface area contributed by atoms with Gasteiger partial charge in [0.25, 0.3) is 0 Å². The van der Waals surface area contributed by atoms with Gasteiger partial charge in [-0.1, -0.05) is 18.1 Å². The van der Waals surface area contributed by atoms with Crippen molar-refractivity contribution in [3.8, 4) is 22.6 Å². The van der Waals surface area contributed by atoms with E-state index in [1.165, 1.54) is 0 Å². The molecule has 3 aromatic heterocycles. The lowest BCUT2D eigenvalue weighted by Crippen LogP contribution is -1.98. The topological polar surface area (TPSA) is 90.7 Å². The molecule has 0 fully saturated rings. The third-order valence-electron chi connectivity index (χ3n) is 3.21. The van der Waals surface area contributed by atoms with Gasteiger partial charge in [0.1, 0.15) is 0 Å². The van der Waals surface area contributed by atoms with Gasteiger partial charge in [-0.05, 0) is 31.5 Å². The molecule has 0 saturated heterocycles. The summed E-state index contributed by atoms with van der Waals surface area (Å²) in [5.74, 6) is 0.904. The first-order valence-electron chi connectivity index (χ1n) is 6.70. The van der Waals surface area contributed by atoms with Crippen LogP contribution in [-0.4, -0.2) is 20.3 Å². The van der Waals surface area contributed by atoms with Crippen LogP contribution in [0.15, 0.2) is 35.0 Å². The van der Waals surface area contributed by atoms with Crippen molar-refractivity contribution in [2.24, 2.45) is 0 Å². The Hall–Kier alpha value is -2.76. The van der Waals surface area contributed by atoms with Gasteiger partial charge >= 0.3 is 0 Å². The van der Waals surface area contributed by atoms with Crippen molar-refractivity contribution < 1.29 is 4.52 Å². The number of aryl methyl sites for hydroxylation is 2. The third-order valence-corrected chi connectivity index (χ3v) is 3.21. The Kier molecular flexibility index (Phi) is 3.35. The lowest BCUT2D eigenvalue weighted by atomic mass is 10.0. The van der Waals surface area contributed by atoms with E-state index in [-0.39, 0.29) is 0 Å². The zero-order valence-corrected chi connectivity index (χ0v) is 11.9. The van der Waals surface area contributed by atoms with Crippen molar-refractivity contribution in [2.75, 3.05) is 5.73 Å². The van der Waals surface area contributed by atoms with Crippen LogP contribution < -0.4 is 5.73 Å². The van der Waals surface area contributed by atoms with Crippen molar-refractivity contribution in [1.29, 1.82) is 0 Å². The van der Waals surface area contributed by atoms with E-state index in [1.54, 1.807) is 6.20 Å². The van der Waals surface area contributed by atoms with Gasteiger partial charge in [-0.15, -0.1) is 0 Å². The van der Waals surface area contributed by atoms with Crippen LogP contribution in [-0.2, 0) is 6.42 Å². The Balaban J connectivity index is 2.24. The summed E-state index contributed by atoms with van der Waals surface area (Å²) in [5.41, 5.74) is 9.88. The van der Waals surface area contributed by atoms with E-state index >= 15 is 0 Å². The number of pyridine rings is 1. The Labute approximate surface area is 122 Å². The molecule has 0 spiro atoms. The van der Waals surface area contributed by atoms with E-state index in [0.717, 1.165) is 29.1 Å². The van der Waals surface area contributed by atoms with Crippen LogP contribution in [0.4, 0.5) is 5.82 Å². The first-order chi connectivity index (χ1) is 10.2. The van der Waals surface area contributed by atoms with E-state index in [2.05, 4.69) is 20.3 Å². The van der Waals surface area contributed by atoms with E-state index in [9.17, 15) is 0 Å². The zero-order chi connectivity index (χ0) is 14.8. The highest BCUT2D eigenvalue weighted by Crippen LogP contribution is 2.36. The molecule has 6 heteroatoms. The van der Waals surface area contributed by atoms with E-state index < -0.39 is 0 Å². The van der Waals surface area contributed by atoms with Gasteiger partial charge < -0.3 is 10.3 Å². The highest BCUT2D eigenvalue weighted by molar-refractivity contribution is 5.85. The lowest BCUT2D eigenvalue weighted by Gasteiger charge is -2.06. The fourth-order valence-electron chi connectivity index (χ4n) is 2.22. The van der Waals surface area contributed by atoms with Gasteiger partial charge in [-0.2, -0.15) is 10.2 Å². The average Bonchev–Trinajstić information content (AvgIpc) is 2.89. The summed E-state index contributed by atoms with van der Waals surface area (Å²) in [4.78, 5) is 4.33. The van der Waals surface area contributed by atoms with Crippen LogP contribution in [0, 0.1) is 6.92 Å². The Bertz CT molecular complexity index is 767. The van der Waals surface area contributed by atoms with Crippen molar-refractivity contribution >= 4 is 5.82 Å². The number of aromatic nitrogens is 4. The molecule has 3 aromatic rings. The molecule has 0 saturated carbocycles. The van der Waals surface area contributed by atoms with Crippen molar-refractivity contribution in [3.05, 3.63) is 41.9 Å². The Morgan fingerprint density at radius 3 is 2.81 bits per heavy atom. The number of nitrogen functional groups attached to an aromatic ring is 1. The molecule has 0 aliphatic carbocycles.